The van der Waals surface area contributed by atoms with Crippen molar-refractivity contribution in [3.05, 3.63) is 35.9 Å². The molecular weight excluding hydrogens is 561 g/mol. The van der Waals surface area contributed by atoms with Gasteiger partial charge in [0.15, 0.2) is 25.0 Å². The Morgan fingerprint density at radius 3 is 1.93 bits per heavy atom. The molecule has 1 amide bonds. The number of hydroxylamine groups is 2. The molecule has 1 aromatic rings. The van der Waals surface area contributed by atoms with Crippen LogP contribution in [0.15, 0.2) is 30.3 Å². The van der Waals surface area contributed by atoms with Crippen LogP contribution in [0.25, 0.3) is 0 Å². The molecule has 6 atom stereocenters. The fourth-order valence-electron chi connectivity index (χ4n) is 5.05. The van der Waals surface area contributed by atoms with Crippen LogP contribution in [0.2, 0.25) is 57.4 Å². The van der Waals surface area contributed by atoms with Gasteiger partial charge >= 0.3 is 0 Å². The Balaban J connectivity index is 2.23. The van der Waals surface area contributed by atoms with Crippen molar-refractivity contribution in [1.82, 2.24) is 5.06 Å². The molecular formula is C28H48N2O7Si3. The molecule has 1 aromatic carbocycles. The normalized spacial score (nSPS) is 31.7. The Kier molecular flexibility index (Phi) is 9.12. The summed E-state index contributed by atoms with van der Waals surface area (Å²) in [4.78, 5) is 19.3. The SMILES string of the molecule is CC(C)(C)[Si](C)(C)O[C@H]1[C@@H](O[Si](C)(C)C)[C@@]2(CC(=O)N2OCc2ccccc2)[C@H](O)[C@@H](O[Si](C)(C)C)[C@]1(O)C#N. The van der Waals surface area contributed by atoms with Crippen molar-refractivity contribution in [2.24, 2.45) is 0 Å². The highest BCUT2D eigenvalue weighted by atomic mass is 28.4. The smallest absolute Gasteiger partial charge is 0.249 e. The number of amides is 1. The average molecular weight is 609 g/mol. The number of hydrogen-bond donors (Lipinski definition) is 2. The predicted molar refractivity (Wildman–Crippen MR) is 161 cm³/mol. The lowest BCUT2D eigenvalue weighted by Crippen LogP contribution is -2.87. The van der Waals surface area contributed by atoms with E-state index in [1.54, 1.807) is 0 Å². The summed E-state index contributed by atoms with van der Waals surface area (Å²) in [7, 11) is -7.48. The van der Waals surface area contributed by atoms with Crippen molar-refractivity contribution in [2.45, 2.75) is 127 Å². The van der Waals surface area contributed by atoms with Gasteiger partial charge in [-0.15, -0.1) is 0 Å². The molecule has 2 N–H and O–H groups in total. The van der Waals surface area contributed by atoms with E-state index < -0.39 is 60.5 Å². The Hall–Kier alpha value is -1.41. The number of carbonyl (C=O) groups is 1. The van der Waals surface area contributed by atoms with Gasteiger partial charge in [-0.2, -0.15) is 5.26 Å². The first-order valence-corrected chi connectivity index (χ1v) is 23.7. The van der Waals surface area contributed by atoms with E-state index in [2.05, 4.69) is 26.8 Å². The highest BCUT2D eigenvalue weighted by molar-refractivity contribution is 6.74. The monoisotopic (exact) mass is 608 g/mol. The molecule has 224 valence electrons. The van der Waals surface area contributed by atoms with Crippen LogP contribution in [0.3, 0.4) is 0 Å². The number of aliphatic hydroxyl groups is 2. The third kappa shape index (κ3) is 6.33. The number of aliphatic hydroxyl groups excluding tert-OH is 1. The number of nitriles is 1. The van der Waals surface area contributed by atoms with E-state index in [1.807, 2.05) is 82.7 Å². The largest absolute Gasteiger partial charge is 0.409 e. The zero-order valence-electron chi connectivity index (χ0n) is 25.9. The van der Waals surface area contributed by atoms with Crippen LogP contribution in [0.5, 0.6) is 0 Å². The van der Waals surface area contributed by atoms with E-state index >= 15 is 0 Å². The van der Waals surface area contributed by atoms with Crippen molar-refractivity contribution >= 4 is 30.9 Å². The van der Waals surface area contributed by atoms with Crippen molar-refractivity contribution in [3.63, 3.8) is 0 Å². The van der Waals surface area contributed by atoms with Crippen molar-refractivity contribution in [1.29, 1.82) is 5.26 Å². The molecule has 12 heteroatoms. The van der Waals surface area contributed by atoms with Gasteiger partial charge in [0, 0.05) is 0 Å². The van der Waals surface area contributed by atoms with Crippen LogP contribution >= 0.6 is 0 Å². The second-order valence-electron chi connectivity index (χ2n) is 14.6. The summed E-state index contributed by atoms with van der Waals surface area (Å²) >= 11 is 0. The minimum Gasteiger partial charge on any atom is -0.409 e. The third-order valence-corrected chi connectivity index (χ3v) is 14.4. The lowest BCUT2D eigenvalue weighted by Gasteiger charge is -2.65. The average Bonchev–Trinajstić information content (AvgIpc) is 2.80. The molecule has 1 saturated heterocycles. The summed E-state index contributed by atoms with van der Waals surface area (Å²) in [5.74, 6) is -0.320. The standard InChI is InChI=1S/C28H48N2O7Si3/c1-26(2,3)40(10,11)37-25-24(36-39(7,8)9)27(22(32)23(28(25,33)19-29)35-38(4,5)6)17-21(31)30(27)34-18-20-15-13-12-14-16-20/h12-16,22-25,32-33H,17-18H2,1-11H3/t22-,23-,24-,25+,27-,28-/m1/s1. The maximum atomic E-state index is 13.2. The van der Waals surface area contributed by atoms with Crippen molar-refractivity contribution in [3.8, 4) is 6.07 Å². The van der Waals surface area contributed by atoms with E-state index in [1.165, 1.54) is 5.06 Å². The fraction of sp³-hybridized carbons (Fsp3) is 0.714. The summed E-state index contributed by atoms with van der Waals surface area (Å²) in [6.07, 6.45) is -5.16. The molecule has 3 rings (SSSR count). The van der Waals surface area contributed by atoms with Gasteiger partial charge in [0.25, 0.3) is 0 Å². The minimum absolute atomic E-state index is 0.0938. The third-order valence-electron chi connectivity index (χ3n) is 8.04. The Bertz CT molecular complexity index is 1110. The van der Waals surface area contributed by atoms with E-state index in [4.69, 9.17) is 18.1 Å². The molecule has 1 spiro atoms. The number of nitrogens with zero attached hydrogens (tertiary/aromatic N) is 2. The molecule has 0 unspecified atom stereocenters. The summed E-state index contributed by atoms with van der Waals surface area (Å²) in [5.41, 5.74) is -2.82. The zero-order chi connectivity index (χ0) is 30.5. The fourth-order valence-corrected chi connectivity index (χ4v) is 8.50. The van der Waals surface area contributed by atoms with E-state index in [0.717, 1.165) is 5.56 Å². The summed E-state index contributed by atoms with van der Waals surface area (Å²) in [6, 6.07) is 11.5. The Labute approximate surface area is 242 Å². The van der Waals surface area contributed by atoms with E-state index in [-0.39, 0.29) is 24.0 Å². The summed E-state index contributed by atoms with van der Waals surface area (Å²) < 4.78 is 20.0. The van der Waals surface area contributed by atoms with Gasteiger partial charge in [-0.25, -0.2) is 5.06 Å². The van der Waals surface area contributed by atoms with Crippen LogP contribution in [-0.4, -0.2) is 81.7 Å². The second kappa shape index (κ2) is 11.0. The molecule has 2 aliphatic rings. The van der Waals surface area contributed by atoms with Crippen LogP contribution < -0.4 is 0 Å². The first-order chi connectivity index (χ1) is 18.1. The lowest BCUT2D eigenvalue weighted by atomic mass is 9.62. The van der Waals surface area contributed by atoms with Gasteiger partial charge in [-0.3, -0.25) is 9.63 Å². The van der Waals surface area contributed by atoms with Crippen LogP contribution in [0, 0.1) is 11.3 Å². The Morgan fingerprint density at radius 1 is 0.950 bits per heavy atom. The number of β-lactam (4-membered cyclic amide) rings is 1. The summed E-state index contributed by atoms with van der Waals surface area (Å²) in [5, 5.41) is 35.8. The van der Waals surface area contributed by atoms with E-state index in [0.29, 0.717) is 0 Å². The highest BCUT2D eigenvalue weighted by Crippen LogP contribution is 2.53. The number of carbonyl (C=O) groups excluding carboxylic acids is 1. The highest BCUT2D eigenvalue weighted by Gasteiger charge is 2.76. The van der Waals surface area contributed by atoms with Crippen LogP contribution in [-0.2, 0) is 29.5 Å². The van der Waals surface area contributed by atoms with Gasteiger partial charge in [-0.1, -0.05) is 51.1 Å². The number of hydrogen-bond acceptors (Lipinski definition) is 8. The maximum Gasteiger partial charge on any atom is 0.249 e. The summed E-state index contributed by atoms with van der Waals surface area (Å²) in [6.45, 7) is 22.1. The molecule has 1 aliphatic heterocycles. The Morgan fingerprint density at radius 2 is 1.48 bits per heavy atom. The van der Waals surface area contributed by atoms with Gasteiger partial charge in [0.05, 0.1) is 6.42 Å². The van der Waals surface area contributed by atoms with Gasteiger partial charge in [0.2, 0.25) is 11.5 Å². The van der Waals surface area contributed by atoms with Crippen LogP contribution in [0.1, 0.15) is 32.8 Å². The predicted octanol–water partition coefficient (Wildman–Crippen LogP) is 4.55. The molecule has 1 aliphatic carbocycles. The van der Waals surface area contributed by atoms with Gasteiger partial charge in [-0.05, 0) is 63.0 Å². The first-order valence-electron chi connectivity index (χ1n) is 13.9. The van der Waals surface area contributed by atoms with Crippen LogP contribution in [0.4, 0.5) is 0 Å². The number of benzene rings is 1. The van der Waals surface area contributed by atoms with E-state index in [9.17, 15) is 20.3 Å². The molecule has 0 aromatic heterocycles. The molecule has 2 fully saturated rings. The quantitative estimate of drug-likeness (QED) is 0.238. The molecule has 0 bridgehead atoms. The number of rotatable bonds is 9. The molecule has 0 radical (unpaired) electrons. The van der Waals surface area contributed by atoms with Crippen molar-refractivity contribution in [2.75, 3.05) is 0 Å². The van der Waals surface area contributed by atoms with Gasteiger partial charge in [0.1, 0.15) is 42.6 Å². The zero-order valence-corrected chi connectivity index (χ0v) is 28.9. The van der Waals surface area contributed by atoms with Gasteiger partial charge < -0.3 is 23.5 Å². The maximum absolute atomic E-state index is 13.2. The first kappa shape index (κ1) is 33.1. The molecule has 40 heavy (non-hydrogen) atoms. The van der Waals surface area contributed by atoms with Crippen molar-refractivity contribution < 1.29 is 33.1 Å². The topological polar surface area (TPSA) is 121 Å². The second-order valence-corrected chi connectivity index (χ2v) is 28.3. The minimum atomic E-state index is -2.63. The molecule has 9 nitrogen and oxygen atoms in total. The molecule has 1 saturated carbocycles. The lowest BCUT2D eigenvalue weighted by molar-refractivity contribution is -0.342. The molecule has 1 heterocycles.